The van der Waals surface area contributed by atoms with Crippen LogP contribution in [0, 0.1) is 0 Å². The summed E-state index contributed by atoms with van der Waals surface area (Å²) in [5.74, 6) is 2.32. The number of ether oxygens (including phenoxy) is 2. The zero-order valence-electron chi connectivity index (χ0n) is 10.7. The van der Waals surface area contributed by atoms with Crippen molar-refractivity contribution in [1.29, 1.82) is 0 Å². The van der Waals surface area contributed by atoms with Gasteiger partial charge in [-0.1, -0.05) is 24.0 Å². The molecule has 6 heteroatoms. The molecule has 4 nitrogen and oxygen atoms in total. The summed E-state index contributed by atoms with van der Waals surface area (Å²) >= 11 is 6.89. The smallest absolute Gasteiger partial charge is 0.146 e. The molecule has 0 aliphatic rings. The summed E-state index contributed by atoms with van der Waals surface area (Å²) in [6.45, 7) is 0. The van der Waals surface area contributed by atoms with Crippen molar-refractivity contribution in [3.8, 4) is 11.5 Å². The molecule has 0 fully saturated rings. The molecule has 0 bridgehead atoms. The summed E-state index contributed by atoms with van der Waals surface area (Å²) in [6, 6.07) is 5.81. The standard InChI is InChI=1S/C13H14N2O2S2/c1-16-11-5-10(6-12(7-11)17-2)8-19-13(18)15-4-3-14-9-15/h3-7,9H,8H2,1-2H3. The van der Waals surface area contributed by atoms with E-state index < -0.39 is 0 Å². The van der Waals surface area contributed by atoms with Crippen LogP contribution in [-0.2, 0) is 5.75 Å². The van der Waals surface area contributed by atoms with Crippen molar-refractivity contribution in [2.45, 2.75) is 5.75 Å². The Morgan fingerprint density at radius 2 is 1.95 bits per heavy atom. The molecule has 0 amide bonds. The van der Waals surface area contributed by atoms with Crippen LogP contribution >= 0.6 is 24.0 Å². The van der Waals surface area contributed by atoms with Gasteiger partial charge in [0.1, 0.15) is 22.1 Å². The molecule has 0 atom stereocenters. The van der Waals surface area contributed by atoms with E-state index in [-0.39, 0.29) is 0 Å². The Morgan fingerprint density at radius 1 is 1.26 bits per heavy atom. The van der Waals surface area contributed by atoms with E-state index in [2.05, 4.69) is 4.98 Å². The zero-order valence-corrected chi connectivity index (χ0v) is 12.3. The predicted octanol–water partition coefficient (Wildman–Crippen LogP) is 2.97. The molecule has 100 valence electrons. The fourth-order valence-corrected chi connectivity index (χ4v) is 2.54. The molecule has 0 saturated carbocycles. The molecule has 0 saturated heterocycles. The van der Waals surface area contributed by atoms with Crippen LogP contribution in [0.5, 0.6) is 11.5 Å². The second-order valence-corrected chi connectivity index (χ2v) is 5.35. The van der Waals surface area contributed by atoms with E-state index in [1.807, 2.05) is 29.0 Å². The molecular weight excluding hydrogens is 280 g/mol. The summed E-state index contributed by atoms with van der Waals surface area (Å²) in [6.07, 6.45) is 5.24. The number of imidazole rings is 1. The third kappa shape index (κ3) is 3.71. The van der Waals surface area contributed by atoms with Gasteiger partial charge in [-0.3, -0.25) is 4.57 Å². The molecule has 0 aliphatic carbocycles. The topological polar surface area (TPSA) is 36.3 Å². The summed E-state index contributed by atoms with van der Waals surface area (Å²) in [4.78, 5) is 3.98. The molecule has 2 rings (SSSR count). The van der Waals surface area contributed by atoms with Gasteiger partial charge in [0.05, 0.1) is 14.2 Å². The van der Waals surface area contributed by atoms with Crippen LogP contribution in [0.15, 0.2) is 36.9 Å². The second kappa shape index (κ2) is 6.58. The Balaban J connectivity index is 2.04. The lowest BCUT2D eigenvalue weighted by atomic mass is 10.2. The largest absolute Gasteiger partial charge is 0.497 e. The molecule has 19 heavy (non-hydrogen) atoms. The lowest BCUT2D eigenvalue weighted by molar-refractivity contribution is 0.393. The van der Waals surface area contributed by atoms with Gasteiger partial charge in [-0.2, -0.15) is 0 Å². The number of benzene rings is 1. The van der Waals surface area contributed by atoms with Crippen molar-refractivity contribution in [2.75, 3.05) is 14.2 Å². The van der Waals surface area contributed by atoms with Gasteiger partial charge < -0.3 is 9.47 Å². The predicted molar refractivity (Wildman–Crippen MR) is 81.1 cm³/mol. The van der Waals surface area contributed by atoms with Crippen molar-refractivity contribution < 1.29 is 9.47 Å². The van der Waals surface area contributed by atoms with Gasteiger partial charge in [-0.05, 0) is 17.7 Å². The van der Waals surface area contributed by atoms with Gasteiger partial charge in [-0.15, -0.1) is 0 Å². The third-order valence-electron chi connectivity index (χ3n) is 2.49. The minimum absolute atomic E-state index is 0.755. The fraction of sp³-hybridized carbons (Fsp3) is 0.231. The van der Waals surface area contributed by atoms with Gasteiger partial charge in [0.25, 0.3) is 0 Å². The van der Waals surface area contributed by atoms with Crippen molar-refractivity contribution in [3.63, 3.8) is 0 Å². The number of rotatable bonds is 4. The van der Waals surface area contributed by atoms with Crippen molar-refractivity contribution in [1.82, 2.24) is 9.55 Å². The maximum absolute atomic E-state index is 5.32. The summed E-state index contributed by atoms with van der Waals surface area (Å²) < 4.78 is 13.1. The first kappa shape index (κ1) is 13.9. The van der Waals surface area contributed by atoms with Crippen LogP contribution < -0.4 is 9.47 Å². The maximum atomic E-state index is 5.32. The van der Waals surface area contributed by atoms with Crippen LogP contribution in [0.25, 0.3) is 0 Å². The van der Waals surface area contributed by atoms with Crippen LogP contribution in [0.4, 0.5) is 0 Å². The number of methoxy groups -OCH3 is 2. The van der Waals surface area contributed by atoms with E-state index in [1.165, 1.54) is 0 Å². The average Bonchev–Trinajstić information content (AvgIpc) is 2.98. The molecule has 1 aromatic heterocycles. The highest BCUT2D eigenvalue weighted by atomic mass is 32.2. The van der Waals surface area contributed by atoms with Crippen molar-refractivity contribution in [3.05, 3.63) is 42.5 Å². The third-order valence-corrected chi connectivity index (χ3v) is 3.99. The van der Waals surface area contributed by atoms with Gasteiger partial charge in [0.2, 0.25) is 0 Å². The fourth-order valence-electron chi connectivity index (χ4n) is 1.54. The molecule has 0 N–H and O–H groups in total. The number of nitrogens with zero attached hydrogens (tertiary/aromatic N) is 2. The molecule has 1 heterocycles. The number of hydrogen-bond donors (Lipinski definition) is 0. The molecule has 0 aliphatic heterocycles. The first-order valence-corrected chi connectivity index (χ1v) is 6.99. The quantitative estimate of drug-likeness (QED) is 0.810. The molecule has 0 unspecified atom stereocenters. The lowest BCUT2D eigenvalue weighted by Crippen LogP contribution is -2.02. The minimum atomic E-state index is 0.755. The van der Waals surface area contributed by atoms with E-state index in [4.69, 9.17) is 21.7 Å². The molecular formula is C13H14N2O2S2. The van der Waals surface area contributed by atoms with Gasteiger partial charge in [0, 0.05) is 24.2 Å². The number of thiocarbonyl (C=S) groups is 1. The summed E-state index contributed by atoms with van der Waals surface area (Å²) in [5.41, 5.74) is 1.10. The van der Waals surface area contributed by atoms with Gasteiger partial charge in [0.15, 0.2) is 0 Å². The van der Waals surface area contributed by atoms with Gasteiger partial charge >= 0.3 is 0 Å². The normalized spacial score (nSPS) is 10.2. The van der Waals surface area contributed by atoms with E-state index in [1.54, 1.807) is 38.5 Å². The minimum Gasteiger partial charge on any atom is -0.497 e. The monoisotopic (exact) mass is 294 g/mol. The average molecular weight is 294 g/mol. The lowest BCUT2D eigenvalue weighted by Gasteiger charge is -2.09. The zero-order chi connectivity index (χ0) is 13.7. The van der Waals surface area contributed by atoms with E-state index in [0.717, 1.165) is 27.1 Å². The van der Waals surface area contributed by atoms with Crippen molar-refractivity contribution >= 4 is 28.3 Å². The Hall–Kier alpha value is -1.53. The van der Waals surface area contributed by atoms with E-state index in [9.17, 15) is 0 Å². The number of aromatic nitrogens is 2. The highest BCUT2D eigenvalue weighted by Gasteiger charge is 2.05. The first-order valence-electron chi connectivity index (χ1n) is 5.60. The van der Waals surface area contributed by atoms with E-state index in [0.29, 0.717) is 0 Å². The first-order chi connectivity index (χ1) is 9.22. The molecule has 0 spiro atoms. The summed E-state index contributed by atoms with van der Waals surface area (Å²) in [5, 5.41) is 0. The highest BCUT2D eigenvalue weighted by Crippen LogP contribution is 2.25. The Kier molecular flexibility index (Phi) is 4.81. The van der Waals surface area contributed by atoms with Crippen molar-refractivity contribution in [2.24, 2.45) is 0 Å². The summed E-state index contributed by atoms with van der Waals surface area (Å²) in [7, 11) is 3.28. The molecule has 0 radical (unpaired) electrons. The van der Waals surface area contributed by atoms with Crippen LogP contribution in [-0.4, -0.2) is 28.1 Å². The van der Waals surface area contributed by atoms with Gasteiger partial charge in [-0.25, -0.2) is 4.98 Å². The second-order valence-electron chi connectivity index (χ2n) is 3.75. The Labute approximate surface area is 121 Å². The number of thioether (sulfide) groups is 1. The Bertz CT molecular complexity index is 534. The van der Waals surface area contributed by atoms with E-state index >= 15 is 0 Å². The molecule has 1 aromatic carbocycles. The SMILES string of the molecule is COc1cc(CSC(=S)n2ccnc2)cc(OC)c1. The van der Waals surface area contributed by atoms with Crippen LogP contribution in [0.1, 0.15) is 5.56 Å². The number of hydrogen-bond acceptors (Lipinski definition) is 5. The van der Waals surface area contributed by atoms with Crippen LogP contribution in [0.2, 0.25) is 0 Å². The molecule has 2 aromatic rings. The Morgan fingerprint density at radius 3 is 2.47 bits per heavy atom. The van der Waals surface area contributed by atoms with Crippen LogP contribution in [0.3, 0.4) is 0 Å². The highest BCUT2D eigenvalue weighted by molar-refractivity contribution is 8.22. The maximum Gasteiger partial charge on any atom is 0.146 e.